The highest BCUT2D eigenvalue weighted by Crippen LogP contribution is 2.27. The molecule has 3 N–H and O–H groups in total. The molecular weight excluding hydrogens is 324 g/mol. The normalized spacial score (nSPS) is 19.8. The summed E-state index contributed by atoms with van der Waals surface area (Å²) in [4.78, 5) is 17.0. The molecule has 5 nitrogen and oxygen atoms in total. The van der Waals surface area contributed by atoms with Crippen molar-refractivity contribution >= 4 is 17.2 Å². The molecule has 1 saturated carbocycles. The maximum atomic E-state index is 12.2. The Morgan fingerprint density at radius 2 is 2.08 bits per heavy atom. The molecule has 2 atom stereocenters. The highest BCUT2D eigenvalue weighted by atomic mass is 16.1. The number of hydrogen-bond donors (Lipinski definition) is 2. The van der Waals surface area contributed by atoms with Gasteiger partial charge in [0, 0.05) is 36.1 Å². The number of hydrogen-bond acceptors (Lipinski definition) is 3. The van der Waals surface area contributed by atoms with Crippen LogP contribution in [0.2, 0.25) is 0 Å². The van der Waals surface area contributed by atoms with Gasteiger partial charge in [-0.05, 0) is 49.4 Å². The maximum Gasteiger partial charge on any atom is 0.224 e. The van der Waals surface area contributed by atoms with E-state index in [1.54, 1.807) is 0 Å². The first kappa shape index (κ1) is 16.8. The SMILES string of the molecule is Cc1cccn2cc(-c3ccc(NC(=O)C[C@@H]4CCC[C@H]4N)cc3)nc12. The van der Waals surface area contributed by atoms with E-state index in [1.807, 2.05) is 47.1 Å². The minimum Gasteiger partial charge on any atom is -0.327 e. The maximum absolute atomic E-state index is 12.2. The fraction of sp³-hybridized carbons (Fsp3) is 0.333. The molecule has 0 saturated heterocycles. The Balaban J connectivity index is 1.46. The van der Waals surface area contributed by atoms with Gasteiger partial charge in [-0.15, -0.1) is 0 Å². The van der Waals surface area contributed by atoms with Crippen LogP contribution in [-0.4, -0.2) is 21.3 Å². The number of nitrogens with zero attached hydrogens (tertiary/aromatic N) is 2. The van der Waals surface area contributed by atoms with Gasteiger partial charge >= 0.3 is 0 Å². The Kier molecular flexibility index (Phi) is 4.47. The molecule has 2 heterocycles. The molecule has 26 heavy (non-hydrogen) atoms. The molecule has 134 valence electrons. The van der Waals surface area contributed by atoms with Crippen molar-refractivity contribution in [2.45, 2.75) is 38.6 Å². The number of imidazole rings is 1. The molecule has 0 spiro atoms. The molecule has 0 radical (unpaired) electrons. The number of fused-ring (bicyclic) bond motifs is 1. The summed E-state index contributed by atoms with van der Waals surface area (Å²) >= 11 is 0. The number of carbonyl (C=O) groups is 1. The number of aromatic nitrogens is 2. The second kappa shape index (κ2) is 6.92. The van der Waals surface area contributed by atoms with E-state index in [9.17, 15) is 4.79 Å². The molecule has 5 heteroatoms. The van der Waals surface area contributed by atoms with Gasteiger partial charge in [-0.1, -0.05) is 24.6 Å². The Morgan fingerprint density at radius 3 is 2.77 bits per heavy atom. The molecule has 1 aromatic carbocycles. The highest BCUT2D eigenvalue weighted by molar-refractivity contribution is 5.91. The summed E-state index contributed by atoms with van der Waals surface area (Å²) in [6.07, 6.45) is 7.76. The standard InChI is InChI=1S/C21H24N4O/c1-14-4-3-11-25-13-19(24-21(14)25)15-7-9-17(10-8-15)23-20(26)12-16-5-2-6-18(16)22/h3-4,7-11,13,16,18H,2,5-6,12,22H2,1H3,(H,23,26)/t16-,18+/m0/s1. The summed E-state index contributed by atoms with van der Waals surface area (Å²) in [7, 11) is 0. The van der Waals surface area contributed by atoms with Crippen LogP contribution >= 0.6 is 0 Å². The lowest BCUT2D eigenvalue weighted by molar-refractivity contribution is -0.117. The predicted molar refractivity (Wildman–Crippen MR) is 104 cm³/mol. The monoisotopic (exact) mass is 348 g/mol. The number of carbonyl (C=O) groups excluding carboxylic acids is 1. The lowest BCUT2D eigenvalue weighted by atomic mass is 10.00. The smallest absolute Gasteiger partial charge is 0.224 e. The molecule has 0 aliphatic heterocycles. The molecule has 0 bridgehead atoms. The lowest BCUT2D eigenvalue weighted by Gasteiger charge is -2.14. The van der Waals surface area contributed by atoms with Gasteiger partial charge in [-0.3, -0.25) is 4.79 Å². The van der Waals surface area contributed by atoms with Crippen LogP contribution in [-0.2, 0) is 4.79 Å². The molecule has 1 fully saturated rings. The minimum absolute atomic E-state index is 0.0449. The predicted octanol–water partition coefficient (Wildman–Crippen LogP) is 3.77. The van der Waals surface area contributed by atoms with E-state index < -0.39 is 0 Å². The third kappa shape index (κ3) is 3.35. The van der Waals surface area contributed by atoms with E-state index in [-0.39, 0.29) is 11.9 Å². The van der Waals surface area contributed by atoms with Crippen LogP contribution < -0.4 is 11.1 Å². The number of benzene rings is 1. The van der Waals surface area contributed by atoms with Crippen molar-refractivity contribution < 1.29 is 4.79 Å². The van der Waals surface area contributed by atoms with Gasteiger partial charge in [-0.25, -0.2) is 4.98 Å². The molecule has 4 rings (SSSR count). The first-order valence-electron chi connectivity index (χ1n) is 9.20. The van der Waals surface area contributed by atoms with E-state index in [0.717, 1.165) is 47.4 Å². The van der Waals surface area contributed by atoms with Crippen LogP contribution in [0.15, 0.2) is 48.8 Å². The molecule has 0 unspecified atom stereocenters. The second-order valence-electron chi connectivity index (χ2n) is 7.23. The summed E-state index contributed by atoms with van der Waals surface area (Å²) in [5.74, 6) is 0.360. The summed E-state index contributed by atoms with van der Waals surface area (Å²) in [6, 6.07) is 12.1. The van der Waals surface area contributed by atoms with Crippen molar-refractivity contribution in [2.75, 3.05) is 5.32 Å². The molecule has 1 aliphatic carbocycles. The Morgan fingerprint density at radius 1 is 1.27 bits per heavy atom. The number of rotatable bonds is 4. The Labute approximate surface area is 153 Å². The van der Waals surface area contributed by atoms with Crippen LogP contribution in [0.5, 0.6) is 0 Å². The van der Waals surface area contributed by atoms with Crippen molar-refractivity contribution in [2.24, 2.45) is 11.7 Å². The van der Waals surface area contributed by atoms with Gasteiger partial charge < -0.3 is 15.5 Å². The molecule has 1 amide bonds. The van der Waals surface area contributed by atoms with Crippen LogP contribution in [0.1, 0.15) is 31.2 Å². The zero-order chi connectivity index (χ0) is 18.1. The molecule has 3 aromatic rings. The van der Waals surface area contributed by atoms with Gasteiger partial charge in [-0.2, -0.15) is 0 Å². The van der Waals surface area contributed by atoms with Gasteiger partial charge in [0.25, 0.3) is 0 Å². The van der Waals surface area contributed by atoms with E-state index in [2.05, 4.69) is 18.3 Å². The summed E-state index contributed by atoms with van der Waals surface area (Å²) < 4.78 is 2.03. The number of aryl methyl sites for hydroxylation is 1. The molecule has 1 aliphatic rings. The van der Waals surface area contributed by atoms with Crippen molar-refractivity contribution in [3.8, 4) is 11.3 Å². The zero-order valence-electron chi connectivity index (χ0n) is 15.0. The number of nitrogens with two attached hydrogens (primary N) is 1. The van der Waals surface area contributed by atoms with Gasteiger partial charge in [0.2, 0.25) is 5.91 Å². The summed E-state index contributed by atoms with van der Waals surface area (Å²) in [6.45, 7) is 2.06. The fourth-order valence-corrected chi connectivity index (χ4v) is 3.79. The Bertz CT molecular complexity index is 929. The second-order valence-corrected chi connectivity index (χ2v) is 7.23. The van der Waals surface area contributed by atoms with Crippen molar-refractivity contribution in [3.05, 3.63) is 54.4 Å². The number of pyridine rings is 1. The average Bonchev–Trinajstić information content (AvgIpc) is 3.23. The summed E-state index contributed by atoms with van der Waals surface area (Å²) in [5, 5.41) is 2.98. The molecular formula is C21H24N4O. The quantitative estimate of drug-likeness (QED) is 0.754. The average molecular weight is 348 g/mol. The van der Waals surface area contributed by atoms with E-state index >= 15 is 0 Å². The third-order valence-corrected chi connectivity index (χ3v) is 5.31. The Hall–Kier alpha value is -2.66. The number of nitrogens with one attached hydrogen (secondary N) is 1. The van der Waals surface area contributed by atoms with Gasteiger partial charge in [0.15, 0.2) is 0 Å². The lowest BCUT2D eigenvalue weighted by Crippen LogP contribution is -2.28. The van der Waals surface area contributed by atoms with Gasteiger partial charge in [0.1, 0.15) is 5.65 Å². The topological polar surface area (TPSA) is 72.4 Å². The van der Waals surface area contributed by atoms with Crippen LogP contribution in [0.25, 0.3) is 16.9 Å². The first-order chi connectivity index (χ1) is 12.6. The zero-order valence-corrected chi connectivity index (χ0v) is 15.0. The highest BCUT2D eigenvalue weighted by Gasteiger charge is 2.26. The largest absolute Gasteiger partial charge is 0.327 e. The minimum atomic E-state index is 0.0449. The number of anilines is 1. The van der Waals surface area contributed by atoms with Crippen molar-refractivity contribution in [1.29, 1.82) is 0 Å². The first-order valence-corrected chi connectivity index (χ1v) is 9.20. The fourth-order valence-electron chi connectivity index (χ4n) is 3.79. The van der Waals surface area contributed by atoms with E-state index in [4.69, 9.17) is 10.7 Å². The van der Waals surface area contributed by atoms with Gasteiger partial charge in [0.05, 0.1) is 5.69 Å². The summed E-state index contributed by atoms with van der Waals surface area (Å²) in [5.41, 5.74) is 10.9. The van der Waals surface area contributed by atoms with Crippen molar-refractivity contribution in [3.63, 3.8) is 0 Å². The van der Waals surface area contributed by atoms with Crippen LogP contribution in [0.3, 0.4) is 0 Å². The van der Waals surface area contributed by atoms with Crippen LogP contribution in [0, 0.1) is 12.8 Å². The van der Waals surface area contributed by atoms with E-state index in [1.165, 1.54) is 0 Å². The molecule has 2 aromatic heterocycles. The van der Waals surface area contributed by atoms with Crippen LogP contribution in [0.4, 0.5) is 5.69 Å². The number of amides is 1. The van der Waals surface area contributed by atoms with E-state index in [0.29, 0.717) is 12.3 Å². The third-order valence-electron chi connectivity index (χ3n) is 5.31. The van der Waals surface area contributed by atoms with Crippen molar-refractivity contribution in [1.82, 2.24) is 9.38 Å².